The molecule has 194 valence electrons. The number of carbonyl (C=O) groups is 2. The Bertz CT molecular complexity index is 1590. The standard InChI is InChI=1S/C32H26ClN3O3/c1-19-29(32(38)36-28-12-5-6-15-34-28)31(27-14-13-26(39-27)21-10-7-11-23(33)16-21)30-24(35-19)17-22(18-25(30)37)20-8-3-2-4-9-20/h2-16,22,29,31,35H,1,17-18H2,(H,34,36,38)/p+1. The predicted octanol–water partition coefficient (Wildman–Crippen LogP) is 6.27. The summed E-state index contributed by atoms with van der Waals surface area (Å²) in [6.07, 6.45) is 2.74. The molecular formula is C32H27ClN3O3+. The van der Waals surface area contributed by atoms with Crippen LogP contribution in [-0.2, 0) is 9.59 Å². The van der Waals surface area contributed by atoms with E-state index in [-0.39, 0.29) is 17.6 Å². The minimum atomic E-state index is -0.770. The van der Waals surface area contributed by atoms with E-state index in [9.17, 15) is 9.59 Å². The summed E-state index contributed by atoms with van der Waals surface area (Å²) in [7, 11) is 0. The Hall–Kier alpha value is -4.42. The first-order valence-corrected chi connectivity index (χ1v) is 13.3. The number of aromatic nitrogens is 1. The summed E-state index contributed by atoms with van der Waals surface area (Å²) < 4.78 is 6.35. The summed E-state index contributed by atoms with van der Waals surface area (Å²) in [5.74, 6) is 0.0459. The van der Waals surface area contributed by atoms with Crippen molar-refractivity contribution in [1.82, 2.24) is 5.32 Å². The van der Waals surface area contributed by atoms with Crippen LogP contribution in [0.1, 0.15) is 36.0 Å². The lowest BCUT2D eigenvalue weighted by Gasteiger charge is -2.38. The molecule has 2 aromatic carbocycles. The van der Waals surface area contributed by atoms with Gasteiger partial charge in [0.15, 0.2) is 5.78 Å². The van der Waals surface area contributed by atoms with Crippen LogP contribution in [0.5, 0.6) is 0 Å². The molecular weight excluding hydrogens is 510 g/mol. The summed E-state index contributed by atoms with van der Waals surface area (Å²) in [4.78, 5) is 30.6. The molecule has 4 aromatic rings. The van der Waals surface area contributed by atoms with Crippen LogP contribution in [0.15, 0.2) is 119 Å². The maximum atomic E-state index is 13.8. The van der Waals surface area contributed by atoms with Crippen LogP contribution in [0.25, 0.3) is 11.3 Å². The Morgan fingerprint density at radius 2 is 1.82 bits per heavy atom. The van der Waals surface area contributed by atoms with Gasteiger partial charge < -0.3 is 9.73 Å². The zero-order chi connectivity index (χ0) is 26.9. The number of ketones is 1. The van der Waals surface area contributed by atoms with E-state index in [1.54, 1.807) is 18.3 Å². The fraction of sp³-hybridized carbons (Fsp3) is 0.156. The van der Waals surface area contributed by atoms with Crippen molar-refractivity contribution >= 4 is 29.1 Å². The van der Waals surface area contributed by atoms with Gasteiger partial charge in [-0.05, 0) is 48.2 Å². The summed E-state index contributed by atoms with van der Waals surface area (Å²) in [6, 6.07) is 26.6. The molecule has 6 rings (SSSR count). The fourth-order valence-electron chi connectivity index (χ4n) is 5.62. The molecule has 3 atom stereocenters. The SMILES string of the molecule is C=C1NC2=C(C(=O)CC(c3ccccc3)C2)C(c2ccc(-c3cccc(Cl)c3)o2)C1C(=O)Nc1cccc[nH+]1. The average Bonchev–Trinajstić information content (AvgIpc) is 3.43. The van der Waals surface area contributed by atoms with Crippen LogP contribution in [0, 0.1) is 5.92 Å². The lowest BCUT2D eigenvalue weighted by Crippen LogP contribution is -2.43. The van der Waals surface area contributed by atoms with E-state index >= 15 is 0 Å². The highest BCUT2D eigenvalue weighted by molar-refractivity contribution is 6.30. The highest BCUT2D eigenvalue weighted by Gasteiger charge is 2.47. The number of halogens is 1. The third-order valence-corrected chi connectivity index (χ3v) is 7.64. The number of amides is 1. The van der Waals surface area contributed by atoms with Gasteiger partial charge in [0.25, 0.3) is 5.82 Å². The lowest BCUT2D eigenvalue weighted by molar-refractivity contribution is -0.360. The van der Waals surface area contributed by atoms with Gasteiger partial charge in [-0.25, -0.2) is 15.1 Å². The van der Waals surface area contributed by atoms with Crippen molar-refractivity contribution in [2.45, 2.75) is 24.7 Å². The number of nitrogens with one attached hydrogen (secondary N) is 3. The molecule has 6 nitrogen and oxygen atoms in total. The zero-order valence-electron chi connectivity index (χ0n) is 21.1. The van der Waals surface area contributed by atoms with Crippen LogP contribution in [0.2, 0.25) is 5.02 Å². The lowest BCUT2D eigenvalue weighted by atomic mass is 9.70. The number of allylic oxidation sites excluding steroid dienone is 2. The predicted molar refractivity (Wildman–Crippen MR) is 150 cm³/mol. The normalized spacial score (nSPS) is 20.8. The van der Waals surface area contributed by atoms with Crippen LogP contribution < -0.4 is 15.6 Å². The molecule has 39 heavy (non-hydrogen) atoms. The van der Waals surface area contributed by atoms with Gasteiger partial charge >= 0.3 is 5.91 Å². The topological polar surface area (TPSA) is 85.5 Å². The van der Waals surface area contributed by atoms with E-state index in [2.05, 4.69) is 34.3 Å². The Kier molecular flexibility index (Phi) is 6.63. The van der Waals surface area contributed by atoms with Crippen LogP contribution in [0.4, 0.5) is 5.82 Å². The molecule has 1 aliphatic heterocycles. The molecule has 3 heterocycles. The molecule has 1 amide bonds. The van der Waals surface area contributed by atoms with Crippen molar-refractivity contribution < 1.29 is 19.0 Å². The van der Waals surface area contributed by atoms with Crippen molar-refractivity contribution in [1.29, 1.82) is 0 Å². The molecule has 2 aromatic heterocycles. The highest BCUT2D eigenvalue weighted by Crippen LogP contribution is 2.48. The third kappa shape index (κ3) is 4.91. The molecule has 3 N–H and O–H groups in total. The first kappa shape index (κ1) is 24.9. The summed E-state index contributed by atoms with van der Waals surface area (Å²) in [5, 5.41) is 6.88. The summed E-state index contributed by atoms with van der Waals surface area (Å²) in [6.45, 7) is 4.24. The highest BCUT2D eigenvalue weighted by atomic mass is 35.5. The molecule has 7 heteroatoms. The van der Waals surface area contributed by atoms with Gasteiger partial charge in [-0.1, -0.05) is 66.7 Å². The average molecular weight is 537 g/mol. The summed E-state index contributed by atoms with van der Waals surface area (Å²) >= 11 is 6.22. The number of pyridine rings is 1. The van der Waals surface area contributed by atoms with Gasteiger partial charge in [-0.15, -0.1) is 0 Å². The number of benzene rings is 2. The van der Waals surface area contributed by atoms with E-state index in [1.165, 1.54) is 0 Å². The molecule has 0 fully saturated rings. The van der Waals surface area contributed by atoms with E-state index in [4.69, 9.17) is 16.0 Å². The first-order valence-electron chi connectivity index (χ1n) is 12.9. The maximum Gasteiger partial charge on any atom is 0.317 e. The number of rotatable bonds is 5. The number of H-pyrrole nitrogens is 1. The Morgan fingerprint density at radius 3 is 2.59 bits per heavy atom. The quantitative estimate of drug-likeness (QED) is 0.315. The fourth-order valence-corrected chi connectivity index (χ4v) is 5.82. The number of Topliss-reactive ketones (excluding diaryl/α,β-unsaturated/α-hetero) is 1. The van der Waals surface area contributed by atoms with Gasteiger partial charge in [0.05, 0.1) is 12.1 Å². The van der Waals surface area contributed by atoms with E-state index in [0.717, 1.165) is 16.8 Å². The van der Waals surface area contributed by atoms with Crippen molar-refractivity contribution in [3.05, 3.63) is 131 Å². The van der Waals surface area contributed by atoms with Crippen LogP contribution in [-0.4, -0.2) is 11.7 Å². The van der Waals surface area contributed by atoms with Gasteiger partial charge in [0.2, 0.25) is 0 Å². The second-order valence-electron chi connectivity index (χ2n) is 9.91. The smallest absolute Gasteiger partial charge is 0.317 e. The van der Waals surface area contributed by atoms with Gasteiger partial charge in [0, 0.05) is 40.0 Å². The van der Waals surface area contributed by atoms with Crippen LogP contribution >= 0.6 is 11.6 Å². The van der Waals surface area contributed by atoms with Crippen molar-refractivity contribution in [3.8, 4) is 11.3 Å². The summed E-state index contributed by atoms with van der Waals surface area (Å²) in [5.41, 5.74) is 3.83. The number of anilines is 1. The third-order valence-electron chi connectivity index (χ3n) is 7.40. The van der Waals surface area contributed by atoms with Gasteiger partial charge in [-0.2, -0.15) is 0 Å². The first-order chi connectivity index (χ1) is 19.0. The van der Waals surface area contributed by atoms with Gasteiger partial charge in [-0.3, -0.25) is 4.79 Å². The number of aromatic amines is 1. The van der Waals surface area contributed by atoms with Crippen molar-refractivity contribution in [2.24, 2.45) is 5.92 Å². The second kappa shape index (κ2) is 10.4. The largest absolute Gasteiger partial charge is 0.460 e. The van der Waals surface area contributed by atoms with Gasteiger partial charge in [0.1, 0.15) is 17.4 Å². The van der Waals surface area contributed by atoms with Crippen molar-refractivity contribution in [2.75, 3.05) is 5.32 Å². The molecule has 3 unspecified atom stereocenters. The van der Waals surface area contributed by atoms with E-state index < -0.39 is 11.8 Å². The zero-order valence-corrected chi connectivity index (χ0v) is 21.9. The molecule has 1 aliphatic carbocycles. The second-order valence-corrected chi connectivity index (χ2v) is 10.4. The molecule has 2 aliphatic rings. The number of hydrogen-bond donors (Lipinski definition) is 2. The van der Waals surface area contributed by atoms with E-state index in [0.29, 0.717) is 46.5 Å². The Morgan fingerprint density at radius 1 is 1.00 bits per heavy atom. The van der Waals surface area contributed by atoms with E-state index in [1.807, 2.05) is 60.7 Å². The molecule has 0 spiro atoms. The molecule has 0 saturated heterocycles. The number of hydrogen-bond acceptors (Lipinski definition) is 4. The number of carbonyl (C=O) groups excluding carboxylic acids is 2. The molecule has 0 radical (unpaired) electrons. The van der Waals surface area contributed by atoms with Crippen molar-refractivity contribution in [3.63, 3.8) is 0 Å². The molecule has 0 bridgehead atoms. The molecule has 0 saturated carbocycles. The minimum absolute atomic E-state index is 0.000109. The maximum absolute atomic E-state index is 13.8. The Labute approximate surface area is 231 Å². The Balaban J connectivity index is 1.42. The monoisotopic (exact) mass is 536 g/mol. The van der Waals surface area contributed by atoms with Crippen LogP contribution in [0.3, 0.4) is 0 Å². The minimum Gasteiger partial charge on any atom is -0.460 e. The number of furan rings is 1.